The first-order valence-corrected chi connectivity index (χ1v) is 14.4. The van der Waals surface area contributed by atoms with Crippen molar-refractivity contribution in [1.82, 2.24) is 5.16 Å². The van der Waals surface area contributed by atoms with Crippen molar-refractivity contribution in [3.63, 3.8) is 0 Å². The number of hydrogen-bond donors (Lipinski definition) is 3. The molecule has 6 heteroatoms. The van der Waals surface area contributed by atoms with Gasteiger partial charge in [-0.15, -0.1) is 0 Å². The summed E-state index contributed by atoms with van der Waals surface area (Å²) in [6, 6.07) is 0. The summed E-state index contributed by atoms with van der Waals surface area (Å²) in [5.41, 5.74) is 5.08. The van der Waals surface area contributed by atoms with E-state index in [0.29, 0.717) is 31.6 Å². The number of allylic oxidation sites excluding steroid dienone is 1. The molecule has 1 heterocycles. The van der Waals surface area contributed by atoms with Gasteiger partial charge in [0.25, 0.3) is 0 Å². The molecule has 5 aliphatic carbocycles. The zero-order valence-electron chi connectivity index (χ0n) is 23.8. The van der Waals surface area contributed by atoms with E-state index in [0.717, 1.165) is 37.0 Å². The molecule has 1 aromatic heterocycles. The second-order valence-corrected chi connectivity index (χ2v) is 15.5. The lowest BCUT2D eigenvalue weighted by Crippen LogP contribution is -2.76. The number of hydrogen-bond acceptors (Lipinski definition) is 5. The van der Waals surface area contributed by atoms with Crippen molar-refractivity contribution in [2.75, 3.05) is 0 Å². The van der Waals surface area contributed by atoms with Crippen molar-refractivity contribution >= 4 is 5.91 Å². The molecule has 1 aromatic rings. The van der Waals surface area contributed by atoms with E-state index in [1.54, 1.807) is 0 Å². The number of nitrogens with zero attached hydrogens (tertiary/aromatic N) is 1. The molecule has 1 amide bonds. The van der Waals surface area contributed by atoms with E-state index in [4.69, 9.17) is 10.3 Å². The SMILES string of the molecule is CC1(C)CC[C@]2(C(N)=O)CC[C@]3(C)[C@](O)([C@H](O)C=C4[C@@]5(C)Cc6cnoc6C(C)(C)[C@@H]5CC[C@]43C)[C@@H]2C1. The molecule has 37 heavy (non-hydrogen) atoms. The molecular weight excluding hydrogens is 464 g/mol. The summed E-state index contributed by atoms with van der Waals surface area (Å²) in [6.07, 6.45) is 9.23. The molecule has 0 radical (unpaired) electrons. The number of carbonyl (C=O) groups is 1. The Balaban J connectivity index is 1.55. The fourth-order valence-electron chi connectivity index (χ4n) is 11.0. The molecule has 3 saturated carbocycles. The van der Waals surface area contributed by atoms with Crippen LogP contribution >= 0.6 is 0 Å². The first-order chi connectivity index (χ1) is 17.0. The summed E-state index contributed by atoms with van der Waals surface area (Å²) in [5.74, 6) is 0.651. The zero-order chi connectivity index (χ0) is 27.0. The summed E-state index contributed by atoms with van der Waals surface area (Å²) >= 11 is 0. The van der Waals surface area contributed by atoms with Gasteiger partial charge in [-0.2, -0.15) is 0 Å². The highest BCUT2D eigenvalue weighted by Crippen LogP contribution is 2.76. The minimum Gasteiger partial charge on any atom is -0.386 e. The molecule has 204 valence electrons. The highest BCUT2D eigenvalue weighted by atomic mass is 16.5. The van der Waals surface area contributed by atoms with Crippen LogP contribution in [0.1, 0.15) is 105 Å². The Morgan fingerprint density at radius 3 is 2.38 bits per heavy atom. The van der Waals surface area contributed by atoms with E-state index in [9.17, 15) is 15.0 Å². The number of amides is 1. The fraction of sp³-hybridized carbons (Fsp3) is 0.806. The standard InChI is InChI=1S/C31H46N2O4/c1-25(2)10-12-30(24(32)35)13-11-29(7)28(6)9-8-19-26(3,4)23-18(17-33-37-23)15-27(19,5)20(28)14-22(34)31(29,36)21(30)16-25/h14,17,19,21-22,34,36H,8-13,15-16H2,1-7H3,(H2,32,35)/t19-,21+,22+,27-,28+,29-,30-,31+/m0/s1. The largest absolute Gasteiger partial charge is 0.386 e. The zero-order valence-corrected chi connectivity index (χ0v) is 23.8. The number of rotatable bonds is 1. The third kappa shape index (κ3) is 2.75. The van der Waals surface area contributed by atoms with Crippen molar-refractivity contribution < 1.29 is 19.5 Å². The van der Waals surface area contributed by atoms with E-state index in [1.165, 1.54) is 5.57 Å². The Labute approximate surface area is 221 Å². The molecule has 0 spiro atoms. The maximum atomic E-state index is 13.1. The van der Waals surface area contributed by atoms with Crippen LogP contribution in [0.15, 0.2) is 22.4 Å². The van der Waals surface area contributed by atoms with E-state index in [-0.39, 0.29) is 33.5 Å². The van der Waals surface area contributed by atoms with Crippen LogP contribution < -0.4 is 5.73 Å². The predicted molar refractivity (Wildman–Crippen MR) is 141 cm³/mol. The summed E-state index contributed by atoms with van der Waals surface area (Å²) in [7, 11) is 0. The number of fused-ring (bicyclic) bond motifs is 8. The normalized spacial score (nSPS) is 49.4. The smallest absolute Gasteiger partial charge is 0.224 e. The lowest BCUT2D eigenvalue weighted by molar-refractivity contribution is -0.283. The van der Waals surface area contributed by atoms with Crippen molar-refractivity contribution in [2.24, 2.45) is 44.6 Å². The van der Waals surface area contributed by atoms with E-state index >= 15 is 0 Å². The third-order valence-corrected chi connectivity index (χ3v) is 13.2. The van der Waals surface area contributed by atoms with Crippen LogP contribution in [0.25, 0.3) is 0 Å². The van der Waals surface area contributed by atoms with Crippen LogP contribution in [0.2, 0.25) is 0 Å². The minimum absolute atomic E-state index is 0.0239. The predicted octanol–water partition coefficient (Wildman–Crippen LogP) is 5.06. The summed E-state index contributed by atoms with van der Waals surface area (Å²) in [4.78, 5) is 13.1. The van der Waals surface area contributed by atoms with Crippen molar-refractivity contribution in [3.05, 3.63) is 29.2 Å². The molecule has 4 N–H and O–H groups in total. The minimum atomic E-state index is -1.42. The monoisotopic (exact) mass is 510 g/mol. The Bertz CT molecular complexity index is 1200. The summed E-state index contributed by atoms with van der Waals surface area (Å²) in [6.45, 7) is 15.9. The van der Waals surface area contributed by atoms with Gasteiger partial charge in [-0.1, -0.05) is 65.3 Å². The van der Waals surface area contributed by atoms with Gasteiger partial charge >= 0.3 is 0 Å². The summed E-state index contributed by atoms with van der Waals surface area (Å²) < 4.78 is 5.78. The lowest BCUT2D eigenvalue weighted by Gasteiger charge is -2.73. The molecule has 5 aliphatic rings. The first-order valence-electron chi connectivity index (χ1n) is 14.4. The van der Waals surface area contributed by atoms with Crippen LogP contribution in [-0.4, -0.2) is 33.0 Å². The number of aliphatic hydroxyl groups excluding tert-OH is 1. The second kappa shape index (κ2) is 7.10. The molecule has 3 fully saturated rings. The molecule has 6 rings (SSSR count). The van der Waals surface area contributed by atoms with Crippen LogP contribution in [-0.2, 0) is 16.6 Å². The van der Waals surface area contributed by atoms with Crippen molar-refractivity contribution in [2.45, 2.75) is 117 Å². The maximum absolute atomic E-state index is 13.1. The van der Waals surface area contributed by atoms with Crippen molar-refractivity contribution in [1.29, 1.82) is 0 Å². The van der Waals surface area contributed by atoms with E-state index in [1.807, 2.05) is 12.3 Å². The number of aliphatic hydroxyl groups is 2. The van der Waals surface area contributed by atoms with Crippen LogP contribution in [0.5, 0.6) is 0 Å². The maximum Gasteiger partial charge on any atom is 0.224 e. The molecule has 8 atom stereocenters. The Morgan fingerprint density at radius 2 is 1.70 bits per heavy atom. The lowest BCUT2D eigenvalue weighted by atomic mass is 9.32. The van der Waals surface area contributed by atoms with Gasteiger partial charge in [0.1, 0.15) is 17.5 Å². The molecule has 0 unspecified atom stereocenters. The number of carbonyl (C=O) groups excluding carboxylic acids is 1. The first kappa shape index (κ1) is 25.6. The number of nitrogens with two attached hydrogens (primary N) is 1. The van der Waals surface area contributed by atoms with Gasteiger partial charge in [0.15, 0.2) is 0 Å². The number of aromatic nitrogens is 1. The van der Waals surface area contributed by atoms with Gasteiger partial charge in [0.2, 0.25) is 5.91 Å². The van der Waals surface area contributed by atoms with Crippen LogP contribution in [0.3, 0.4) is 0 Å². The van der Waals surface area contributed by atoms with Gasteiger partial charge in [-0.25, -0.2) is 0 Å². The van der Waals surface area contributed by atoms with Crippen LogP contribution in [0.4, 0.5) is 0 Å². The van der Waals surface area contributed by atoms with Gasteiger partial charge in [-0.3, -0.25) is 4.79 Å². The third-order valence-electron chi connectivity index (χ3n) is 13.2. The highest BCUT2D eigenvalue weighted by Gasteiger charge is 2.76. The topological polar surface area (TPSA) is 110 Å². The second-order valence-electron chi connectivity index (χ2n) is 15.5. The van der Waals surface area contributed by atoms with Gasteiger partial charge in [0, 0.05) is 22.3 Å². The van der Waals surface area contributed by atoms with Gasteiger partial charge in [0.05, 0.1) is 11.6 Å². The Morgan fingerprint density at radius 1 is 1.03 bits per heavy atom. The number of primary amides is 1. The molecule has 0 aliphatic heterocycles. The quantitative estimate of drug-likeness (QED) is 0.458. The molecule has 0 aromatic carbocycles. The average molecular weight is 511 g/mol. The summed E-state index contributed by atoms with van der Waals surface area (Å²) in [5, 5.41) is 29.2. The Hall–Kier alpha value is -1.66. The van der Waals surface area contributed by atoms with E-state index in [2.05, 4.69) is 53.6 Å². The fourth-order valence-corrected chi connectivity index (χ4v) is 11.0. The molecular formula is C31H46N2O4. The Kier molecular flexibility index (Phi) is 4.91. The molecule has 6 nitrogen and oxygen atoms in total. The highest BCUT2D eigenvalue weighted by molar-refractivity contribution is 5.82. The van der Waals surface area contributed by atoms with Gasteiger partial charge in [-0.05, 0) is 73.5 Å². The molecule has 0 saturated heterocycles. The van der Waals surface area contributed by atoms with Crippen LogP contribution in [0, 0.1) is 38.9 Å². The van der Waals surface area contributed by atoms with E-state index < -0.39 is 22.5 Å². The average Bonchev–Trinajstić information content (AvgIpc) is 3.26. The molecule has 0 bridgehead atoms. The van der Waals surface area contributed by atoms with Gasteiger partial charge < -0.3 is 20.5 Å². The van der Waals surface area contributed by atoms with Crippen molar-refractivity contribution in [3.8, 4) is 0 Å².